The molecule has 1 nitrogen and oxygen atoms in total. The lowest BCUT2D eigenvalue weighted by Gasteiger charge is -2.30. The highest BCUT2D eigenvalue weighted by molar-refractivity contribution is 5.24. The first kappa shape index (κ1) is 13.0. The summed E-state index contributed by atoms with van der Waals surface area (Å²) in [7, 11) is 0. The van der Waals surface area contributed by atoms with Crippen molar-refractivity contribution in [2.45, 2.75) is 33.2 Å². The Morgan fingerprint density at radius 3 is 2.12 bits per heavy atom. The third-order valence-electron chi connectivity index (χ3n) is 3.13. The Morgan fingerprint density at radius 2 is 1.62 bits per heavy atom. The minimum atomic E-state index is -1.19. The lowest BCUT2D eigenvalue weighted by molar-refractivity contribution is 0.271. The maximum Gasteiger partial charge on any atom is 0.161 e. The number of nitrogens with two attached hydrogens (primary N) is 1. The molecule has 1 atom stereocenters. The van der Waals surface area contributed by atoms with Crippen molar-refractivity contribution in [1.82, 2.24) is 0 Å². The van der Waals surface area contributed by atoms with Crippen LogP contribution in [0.5, 0.6) is 0 Å². The average molecular weight is 231 g/mol. The van der Waals surface area contributed by atoms with Crippen LogP contribution in [0, 0.1) is 22.9 Å². The molecule has 0 aromatic heterocycles. The van der Waals surface area contributed by atoms with Gasteiger partial charge in [0.1, 0.15) is 5.82 Å². The maximum absolute atomic E-state index is 13.5. The summed E-state index contributed by atoms with van der Waals surface area (Å²) < 4.78 is 39.2. The van der Waals surface area contributed by atoms with Crippen molar-refractivity contribution in [3.05, 3.63) is 35.1 Å². The summed E-state index contributed by atoms with van der Waals surface area (Å²) in [5, 5.41) is 0. The first-order chi connectivity index (χ1) is 7.29. The van der Waals surface area contributed by atoms with E-state index >= 15 is 0 Å². The van der Waals surface area contributed by atoms with Crippen molar-refractivity contribution >= 4 is 0 Å². The zero-order valence-electron chi connectivity index (χ0n) is 9.65. The molecule has 1 unspecified atom stereocenters. The van der Waals surface area contributed by atoms with E-state index in [1.54, 1.807) is 0 Å². The second-order valence-electron chi connectivity index (χ2n) is 4.61. The third kappa shape index (κ3) is 2.38. The van der Waals surface area contributed by atoms with Crippen LogP contribution in [0.4, 0.5) is 13.2 Å². The summed E-state index contributed by atoms with van der Waals surface area (Å²) in [5.74, 6) is -3.06. The second kappa shape index (κ2) is 4.45. The lowest BCUT2D eigenvalue weighted by atomic mass is 9.79. The number of hydrogen-bond donors (Lipinski definition) is 1. The molecule has 4 heteroatoms. The van der Waals surface area contributed by atoms with Gasteiger partial charge in [-0.05, 0) is 17.9 Å². The molecule has 1 rings (SSSR count). The largest absolute Gasteiger partial charge is 0.323 e. The van der Waals surface area contributed by atoms with Gasteiger partial charge in [-0.25, -0.2) is 13.2 Å². The third-order valence-corrected chi connectivity index (χ3v) is 3.13. The van der Waals surface area contributed by atoms with E-state index < -0.39 is 23.5 Å². The van der Waals surface area contributed by atoms with Crippen molar-refractivity contribution in [2.75, 3.05) is 0 Å². The molecule has 0 fully saturated rings. The highest BCUT2D eigenvalue weighted by Crippen LogP contribution is 2.35. The van der Waals surface area contributed by atoms with Gasteiger partial charge < -0.3 is 5.73 Å². The number of hydrogen-bond acceptors (Lipinski definition) is 1. The Hall–Kier alpha value is -1.03. The maximum atomic E-state index is 13.5. The van der Waals surface area contributed by atoms with Gasteiger partial charge in [0.05, 0.1) is 0 Å². The van der Waals surface area contributed by atoms with Crippen molar-refractivity contribution in [2.24, 2.45) is 11.1 Å². The van der Waals surface area contributed by atoms with Gasteiger partial charge >= 0.3 is 0 Å². The highest BCUT2D eigenvalue weighted by atomic mass is 19.2. The van der Waals surface area contributed by atoms with Gasteiger partial charge in [0.15, 0.2) is 11.6 Å². The number of benzene rings is 1. The fourth-order valence-electron chi connectivity index (χ4n) is 1.42. The average Bonchev–Trinajstić information content (AvgIpc) is 2.22. The van der Waals surface area contributed by atoms with Gasteiger partial charge in [0.25, 0.3) is 0 Å². The molecule has 0 spiro atoms. The van der Waals surface area contributed by atoms with E-state index in [1.807, 2.05) is 20.8 Å². The molecule has 90 valence electrons. The molecular formula is C12H16F3N. The summed E-state index contributed by atoms with van der Waals surface area (Å²) in [6, 6.07) is 0.718. The van der Waals surface area contributed by atoms with E-state index in [1.165, 1.54) is 0 Å². The van der Waals surface area contributed by atoms with Gasteiger partial charge in [-0.2, -0.15) is 0 Å². The molecule has 0 aliphatic carbocycles. The van der Waals surface area contributed by atoms with Gasteiger partial charge in [-0.15, -0.1) is 0 Å². The molecule has 16 heavy (non-hydrogen) atoms. The molecule has 0 heterocycles. The van der Waals surface area contributed by atoms with Crippen molar-refractivity contribution < 1.29 is 13.2 Å². The summed E-state index contributed by atoms with van der Waals surface area (Å²) in [4.78, 5) is 0. The van der Waals surface area contributed by atoms with Crippen LogP contribution < -0.4 is 5.73 Å². The molecule has 0 radical (unpaired) electrons. The van der Waals surface area contributed by atoms with Crippen molar-refractivity contribution in [1.29, 1.82) is 0 Å². The van der Waals surface area contributed by atoms with Crippen LogP contribution in [-0.4, -0.2) is 0 Å². The standard InChI is InChI=1S/C12H16F3N/c1-4-12(2,3)11(16)7-5-9(14)10(15)6-8(7)13/h5-6,11H,4,16H2,1-3H3. The summed E-state index contributed by atoms with van der Waals surface area (Å²) in [6.07, 6.45) is 0.715. The number of rotatable bonds is 3. The number of halogens is 3. The molecule has 1 aromatic rings. The molecule has 0 saturated carbocycles. The Bertz CT molecular complexity index is 388. The summed E-state index contributed by atoms with van der Waals surface area (Å²) in [5.41, 5.74) is 5.52. The Balaban J connectivity index is 3.19. The monoisotopic (exact) mass is 231 g/mol. The minimum Gasteiger partial charge on any atom is -0.323 e. The van der Waals surface area contributed by atoms with Crippen molar-refractivity contribution in [3.8, 4) is 0 Å². The minimum absolute atomic E-state index is 0.0192. The first-order valence-electron chi connectivity index (χ1n) is 5.19. The van der Waals surface area contributed by atoms with Crippen molar-refractivity contribution in [3.63, 3.8) is 0 Å². The SMILES string of the molecule is CCC(C)(C)C(N)c1cc(F)c(F)cc1F. The quantitative estimate of drug-likeness (QED) is 0.791. The summed E-state index contributed by atoms with van der Waals surface area (Å²) >= 11 is 0. The van der Waals surface area contributed by atoms with Crippen LogP contribution in [0.3, 0.4) is 0 Å². The predicted octanol–water partition coefficient (Wildman–Crippen LogP) is 3.54. The Kier molecular flexibility index (Phi) is 3.63. The molecule has 1 aromatic carbocycles. The van der Waals surface area contributed by atoms with Gasteiger partial charge in [0, 0.05) is 17.7 Å². The summed E-state index contributed by atoms with van der Waals surface area (Å²) in [6.45, 7) is 5.63. The smallest absolute Gasteiger partial charge is 0.161 e. The van der Waals surface area contributed by atoms with Crippen LogP contribution in [0.25, 0.3) is 0 Å². The molecule has 0 saturated heterocycles. The van der Waals surface area contributed by atoms with Gasteiger partial charge in [0.2, 0.25) is 0 Å². The van der Waals surface area contributed by atoms with E-state index in [0.29, 0.717) is 12.5 Å². The highest BCUT2D eigenvalue weighted by Gasteiger charge is 2.28. The first-order valence-corrected chi connectivity index (χ1v) is 5.19. The molecule has 0 aliphatic rings. The van der Waals surface area contributed by atoms with Crippen LogP contribution >= 0.6 is 0 Å². The van der Waals surface area contributed by atoms with Crippen LogP contribution in [0.15, 0.2) is 12.1 Å². The van der Waals surface area contributed by atoms with E-state index in [-0.39, 0.29) is 11.0 Å². The van der Waals surface area contributed by atoms with E-state index in [0.717, 1.165) is 6.07 Å². The lowest BCUT2D eigenvalue weighted by Crippen LogP contribution is -2.29. The molecule has 0 bridgehead atoms. The fourth-order valence-corrected chi connectivity index (χ4v) is 1.42. The van der Waals surface area contributed by atoms with E-state index in [9.17, 15) is 13.2 Å². The zero-order chi connectivity index (χ0) is 12.5. The van der Waals surface area contributed by atoms with Gasteiger partial charge in [-0.3, -0.25) is 0 Å². The van der Waals surface area contributed by atoms with E-state index in [2.05, 4.69) is 0 Å². The van der Waals surface area contributed by atoms with Crippen LogP contribution in [0.2, 0.25) is 0 Å². The normalized spacial score (nSPS) is 13.9. The van der Waals surface area contributed by atoms with Gasteiger partial charge in [-0.1, -0.05) is 20.8 Å². The Labute approximate surface area is 93.5 Å². The molecular weight excluding hydrogens is 215 g/mol. The topological polar surface area (TPSA) is 26.0 Å². The van der Waals surface area contributed by atoms with E-state index in [4.69, 9.17) is 5.73 Å². The van der Waals surface area contributed by atoms with Crippen LogP contribution in [-0.2, 0) is 0 Å². The van der Waals surface area contributed by atoms with Crippen LogP contribution in [0.1, 0.15) is 38.8 Å². The fraction of sp³-hybridized carbons (Fsp3) is 0.500. The second-order valence-corrected chi connectivity index (χ2v) is 4.61. The zero-order valence-corrected chi connectivity index (χ0v) is 9.65. The Morgan fingerprint density at radius 1 is 1.12 bits per heavy atom. The molecule has 0 amide bonds. The molecule has 2 N–H and O–H groups in total. The molecule has 0 aliphatic heterocycles. The predicted molar refractivity (Wildman–Crippen MR) is 57.3 cm³/mol.